The van der Waals surface area contributed by atoms with Crippen molar-refractivity contribution in [1.29, 1.82) is 0 Å². The highest BCUT2D eigenvalue weighted by Crippen LogP contribution is 2.31. The van der Waals surface area contributed by atoms with E-state index in [2.05, 4.69) is 24.0 Å². The average molecular weight is 242 g/mol. The molecule has 1 aliphatic heterocycles. The molecule has 1 aliphatic rings. The number of hydrogen-bond acceptors (Lipinski definition) is 3. The zero-order chi connectivity index (χ0) is 12.5. The fourth-order valence-electron chi connectivity index (χ4n) is 2.72. The van der Waals surface area contributed by atoms with E-state index in [0.717, 1.165) is 29.3 Å². The molecular weight excluding hydrogens is 224 g/mol. The van der Waals surface area contributed by atoms with Crippen LogP contribution in [0.3, 0.4) is 0 Å². The standard InChI is InChI=1S/C15H18N2O/c1-10-7-8-14(18-10)15(16)12-4-2-6-13-11(12)5-3-9-17-13/h2-6,9-10,14-15H,7-8,16H2,1H3. The van der Waals surface area contributed by atoms with Crippen molar-refractivity contribution in [2.24, 2.45) is 5.73 Å². The van der Waals surface area contributed by atoms with Crippen molar-refractivity contribution >= 4 is 10.9 Å². The second-order valence-corrected chi connectivity index (χ2v) is 5.01. The quantitative estimate of drug-likeness (QED) is 0.881. The zero-order valence-corrected chi connectivity index (χ0v) is 10.5. The lowest BCUT2D eigenvalue weighted by Crippen LogP contribution is -2.26. The van der Waals surface area contributed by atoms with Crippen LogP contribution in [0.5, 0.6) is 0 Å². The van der Waals surface area contributed by atoms with E-state index >= 15 is 0 Å². The van der Waals surface area contributed by atoms with E-state index in [1.807, 2.05) is 24.4 Å². The Morgan fingerprint density at radius 1 is 1.28 bits per heavy atom. The van der Waals surface area contributed by atoms with E-state index in [4.69, 9.17) is 10.5 Å². The summed E-state index contributed by atoms with van der Waals surface area (Å²) >= 11 is 0. The highest BCUT2D eigenvalue weighted by molar-refractivity contribution is 5.82. The van der Waals surface area contributed by atoms with Gasteiger partial charge >= 0.3 is 0 Å². The van der Waals surface area contributed by atoms with E-state index in [0.29, 0.717) is 6.10 Å². The van der Waals surface area contributed by atoms with Crippen LogP contribution in [0.2, 0.25) is 0 Å². The molecule has 0 aliphatic carbocycles. The van der Waals surface area contributed by atoms with Gasteiger partial charge in [0.1, 0.15) is 0 Å². The minimum absolute atomic E-state index is 0.0668. The van der Waals surface area contributed by atoms with Crippen LogP contribution in [-0.4, -0.2) is 17.2 Å². The van der Waals surface area contributed by atoms with Crippen LogP contribution < -0.4 is 5.73 Å². The number of pyridine rings is 1. The number of nitrogens with zero attached hydrogens (tertiary/aromatic N) is 1. The Bertz CT molecular complexity index is 550. The smallest absolute Gasteiger partial charge is 0.0772 e. The second-order valence-electron chi connectivity index (χ2n) is 5.01. The van der Waals surface area contributed by atoms with Gasteiger partial charge < -0.3 is 10.5 Å². The number of fused-ring (bicyclic) bond motifs is 1. The highest BCUT2D eigenvalue weighted by atomic mass is 16.5. The maximum Gasteiger partial charge on any atom is 0.0772 e. The summed E-state index contributed by atoms with van der Waals surface area (Å²) in [6.07, 6.45) is 4.41. The zero-order valence-electron chi connectivity index (χ0n) is 10.5. The van der Waals surface area contributed by atoms with Crippen LogP contribution in [0.4, 0.5) is 0 Å². The SMILES string of the molecule is CC1CCC(C(N)c2cccc3ncccc23)O1. The van der Waals surface area contributed by atoms with Gasteiger partial charge in [0.2, 0.25) is 0 Å². The maximum atomic E-state index is 6.38. The molecular formula is C15H18N2O. The minimum atomic E-state index is -0.0668. The minimum Gasteiger partial charge on any atom is -0.373 e. The van der Waals surface area contributed by atoms with Crippen molar-refractivity contribution in [3.63, 3.8) is 0 Å². The van der Waals surface area contributed by atoms with Gasteiger partial charge in [-0.05, 0) is 37.5 Å². The normalized spacial score (nSPS) is 25.4. The van der Waals surface area contributed by atoms with Crippen molar-refractivity contribution < 1.29 is 4.74 Å². The summed E-state index contributed by atoms with van der Waals surface area (Å²) in [6, 6.07) is 10.1. The lowest BCUT2D eigenvalue weighted by Gasteiger charge is -2.21. The molecule has 1 fully saturated rings. The van der Waals surface area contributed by atoms with Crippen molar-refractivity contribution in [1.82, 2.24) is 4.98 Å². The molecule has 94 valence electrons. The molecule has 2 heterocycles. The third-order valence-corrected chi connectivity index (χ3v) is 3.70. The van der Waals surface area contributed by atoms with Gasteiger partial charge in [0.05, 0.1) is 23.8 Å². The van der Waals surface area contributed by atoms with Gasteiger partial charge in [0, 0.05) is 11.6 Å². The Kier molecular flexibility index (Phi) is 3.02. The predicted molar refractivity (Wildman–Crippen MR) is 72.2 cm³/mol. The molecule has 3 rings (SSSR count). The van der Waals surface area contributed by atoms with Gasteiger partial charge in [0.15, 0.2) is 0 Å². The van der Waals surface area contributed by atoms with Gasteiger partial charge in [-0.3, -0.25) is 4.98 Å². The molecule has 0 spiro atoms. The van der Waals surface area contributed by atoms with Crippen LogP contribution >= 0.6 is 0 Å². The Labute approximate surface area is 107 Å². The monoisotopic (exact) mass is 242 g/mol. The number of nitrogens with two attached hydrogens (primary N) is 1. The first-order chi connectivity index (χ1) is 8.75. The molecule has 0 radical (unpaired) electrons. The summed E-state index contributed by atoms with van der Waals surface area (Å²) in [5.74, 6) is 0. The Morgan fingerprint density at radius 2 is 2.17 bits per heavy atom. The Morgan fingerprint density at radius 3 is 2.94 bits per heavy atom. The maximum absolute atomic E-state index is 6.38. The van der Waals surface area contributed by atoms with Crippen LogP contribution in [0, 0.1) is 0 Å². The van der Waals surface area contributed by atoms with Crippen molar-refractivity contribution in [3.05, 3.63) is 42.1 Å². The number of benzene rings is 1. The summed E-state index contributed by atoms with van der Waals surface area (Å²) in [5, 5.41) is 1.13. The van der Waals surface area contributed by atoms with Crippen LogP contribution in [0.15, 0.2) is 36.5 Å². The molecule has 18 heavy (non-hydrogen) atoms. The lowest BCUT2D eigenvalue weighted by atomic mass is 9.96. The summed E-state index contributed by atoms with van der Waals surface area (Å²) in [7, 11) is 0. The molecule has 3 atom stereocenters. The second kappa shape index (κ2) is 4.67. The molecule has 3 heteroatoms. The van der Waals surface area contributed by atoms with E-state index in [1.54, 1.807) is 0 Å². The van der Waals surface area contributed by atoms with Gasteiger partial charge in [-0.15, -0.1) is 0 Å². The fraction of sp³-hybridized carbons (Fsp3) is 0.400. The van der Waals surface area contributed by atoms with Crippen molar-refractivity contribution in [2.75, 3.05) is 0 Å². The fourth-order valence-corrected chi connectivity index (χ4v) is 2.72. The topological polar surface area (TPSA) is 48.1 Å². The summed E-state index contributed by atoms with van der Waals surface area (Å²) in [6.45, 7) is 2.11. The predicted octanol–water partition coefficient (Wildman–Crippen LogP) is 2.80. The molecule has 3 unspecified atom stereocenters. The first kappa shape index (κ1) is 11.6. The van der Waals surface area contributed by atoms with E-state index in [-0.39, 0.29) is 12.1 Å². The number of aromatic nitrogens is 1. The summed E-state index contributed by atoms with van der Waals surface area (Å²) in [4.78, 5) is 4.37. The largest absolute Gasteiger partial charge is 0.373 e. The van der Waals surface area contributed by atoms with E-state index in [9.17, 15) is 0 Å². The van der Waals surface area contributed by atoms with Crippen molar-refractivity contribution in [2.45, 2.75) is 38.0 Å². The molecule has 1 aromatic carbocycles. The third kappa shape index (κ3) is 2.00. The van der Waals surface area contributed by atoms with E-state index < -0.39 is 0 Å². The van der Waals surface area contributed by atoms with Gasteiger partial charge in [-0.2, -0.15) is 0 Å². The molecule has 3 nitrogen and oxygen atoms in total. The lowest BCUT2D eigenvalue weighted by molar-refractivity contribution is 0.0404. The molecule has 0 saturated carbocycles. The molecule has 1 aromatic heterocycles. The molecule has 0 amide bonds. The molecule has 2 aromatic rings. The average Bonchev–Trinajstić information content (AvgIpc) is 2.84. The van der Waals surface area contributed by atoms with Gasteiger partial charge in [-0.1, -0.05) is 18.2 Å². The summed E-state index contributed by atoms with van der Waals surface area (Å²) in [5.41, 5.74) is 8.51. The molecule has 0 bridgehead atoms. The third-order valence-electron chi connectivity index (χ3n) is 3.70. The number of hydrogen-bond donors (Lipinski definition) is 1. The first-order valence-electron chi connectivity index (χ1n) is 6.50. The molecule has 2 N–H and O–H groups in total. The Hall–Kier alpha value is -1.45. The summed E-state index contributed by atoms with van der Waals surface area (Å²) < 4.78 is 5.88. The Balaban J connectivity index is 1.98. The van der Waals surface area contributed by atoms with Crippen LogP contribution in [-0.2, 0) is 4.74 Å². The van der Waals surface area contributed by atoms with E-state index in [1.165, 1.54) is 0 Å². The van der Waals surface area contributed by atoms with Gasteiger partial charge in [0.25, 0.3) is 0 Å². The van der Waals surface area contributed by atoms with Crippen molar-refractivity contribution in [3.8, 4) is 0 Å². The van der Waals surface area contributed by atoms with Crippen LogP contribution in [0.1, 0.15) is 31.4 Å². The van der Waals surface area contributed by atoms with Gasteiger partial charge in [-0.25, -0.2) is 0 Å². The molecule has 1 saturated heterocycles. The number of ether oxygens (including phenoxy) is 1. The number of rotatable bonds is 2. The first-order valence-corrected chi connectivity index (χ1v) is 6.50. The highest BCUT2D eigenvalue weighted by Gasteiger charge is 2.28. The van der Waals surface area contributed by atoms with Crippen LogP contribution in [0.25, 0.3) is 10.9 Å².